The second-order valence-electron chi connectivity index (χ2n) is 6.51. The Kier molecular flexibility index (Phi) is 7.31. The number of nitrogens with zero attached hydrogens (tertiary/aromatic N) is 2. The third kappa shape index (κ3) is 5.73. The van der Waals surface area contributed by atoms with Crippen LogP contribution in [0.1, 0.15) is 24.8 Å². The van der Waals surface area contributed by atoms with Crippen LogP contribution in [0.4, 0.5) is 5.69 Å². The van der Waals surface area contributed by atoms with Crippen molar-refractivity contribution in [3.8, 4) is 11.5 Å². The predicted octanol–water partition coefficient (Wildman–Crippen LogP) is 3.98. The quantitative estimate of drug-likeness (QED) is 0.517. The molecule has 1 N–H and O–H groups in total. The molecule has 28 heavy (non-hydrogen) atoms. The molecule has 2 aromatic rings. The number of hydrogen-bond donors (Lipinski definition) is 1. The van der Waals surface area contributed by atoms with E-state index in [4.69, 9.17) is 9.47 Å². The van der Waals surface area contributed by atoms with Crippen LogP contribution >= 0.6 is 15.9 Å². The van der Waals surface area contributed by atoms with Gasteiger partial charge in [-0.1, -0.05) is 15.9 Å². The number of ether oxygens (including phenoxy) is 2. The van der Waals surface area contributed by atoms with E-state index in [9.17, 15) is 4.79 Å². The molecular weight excluding hydrogens is 422 g/mol. The van der Waals surface area contributed by atoms with Crippen molar-refractivity contribution < 1.29 is 14.3 Å². The number of halogens is 1. The molecule has 1 aliphatic rings. The fourth-order valence-corrected chi connectivity index (χ4v) is 3.31. The number of hydrogen-bond acceptors (Lipinski definition) is 5. The molecule has 0 unspecified atom stereocenters. The Labute approximate surface area is 173 Å². The maximum absolute atomic E-state index is 11.9. The van der Waals surface area contributed by atoms with Crippen LogP contribution in [0, 0.1) is 0 Å². The lowest BCUT2D eigenvalue weighted by Crippen LogP contribution is -2.29. The second-order valence-corrected chi connectivity index (χ2v) is 7.43. The molecule has 0 aromatic heterocycles. The Morgan fingerprint density at radius 2 is 1.93 bits per heavy atom. The zero-order chi connectivity index (χ0) is 19.8. The van der Waals surface area contributed by atoms with Gasteiger partial charge in [-0.05, 0) is 55.7 Å². The molecular formula is C21H24BrN3O3. The highest BCUT2D eigenvalue weighted by molar-refractivity contribution is 9.10. The Balaban J connectivity index is 1.54. The van der Waals surface area contributed by atoms with Gasteiger partial charge >= 0.3 is 0 Å². The van der Waals surface area contributed by atoms with Gasteiger partial charge in [-0.25, -0.2) is 5.43 Å². The maximum Gasteiger partial charge on any atom is 0.277 e. The summed E-state index contributed by atoms with van der Waals surface area (Å²) in [4.78, 5) is 14.3. The molecule has 2 aromatic carbocycles. The molecule has 7 heteroatoms. The molecule has 1 heterocycles. The van der Waals surface area contributed by atoms with E-state index in [1.54, 1.807) is 25.5 Å². The van der Waals surface area contributed by atoms with Crippen LogP contribution in [0.2, 0.25) is 0 Å². The number of benzene rings is 2. The van der Waals surface area contributed by atoms with Gasteiger partial charge in [-0.3, -0.25) is 4.79 Å². The molecule has 6 nitrogen and oxygen atoms in total. The van der Waals surface area contributed by atoms with Gasteiger partial charge in [-0.2, -0.15) is 5.10 Å². The summed E-state index contributed by atoms with van der Waals surface area (Å²) >= 11 is 3.35. The smallest absolute Gasteiger partial charge is 0.277 e. The first-order valence-corrected chi connectivity index (χ1v) is 10.1. The van der Waals surface area contributed by atoms with E-state index in [0.717, 1.165) is 34.6 Å². The van der Waals surface area contributed by atoms with Gasteiger partial charge in [0, 0.05) is 34.9 Å². The fourth-order valence-electron chi connectivity index (χ4n) is 3.04. The van der Waals surface area contributed by atoms with E-state index in [1.807, 2.05) is 24.3 Å². The average molecular weight is 446 g/mol. The van der Waals surface area contributed by atoms with Crippen LogP contribution < -0.4 is 19.8 Å². The summed E-state index contributed by atoms with van der Waals surface area (Å²) in [6.07, 6.45) is 5.32. The summed E-state index contributed by atoms with van der Waals surface area (Å²) in [7, 11) is 1.64. The lowest BCUT2D eigenvalue weighted by atomic mass is 10.1. The molecule has 3 rings (SSSR count). The van der Waals surface area contributed by atoms with Crippen LogP contribution in [0.3, 0.4) is 0 Å². The van der Waals surface area contributed by atoms with Crippen molar-refractivity contribution in [2.75, 3.05) is 31.7 Å². The molecule has 1 aliphatic heterocycles. The zero-order valence-electron chi connectivity index (χ0n) is 15.9. The van der Waals surface area contributed by atoms with Crippen molar-refractivity contribution in [3.05, 3.63) is 52.5 Å². The number of anilines is 1. The number of methoxy groups -OCH3 is 1. The zero-order valence-corrected chi connectivity index (χ0v) is 17.4. The minimum atomic E-state index is -0.330. The van der Waals surface area contributed by atoms with Gasteiger partial charge in [0.15, 0.2) is 6.61 Å². The van der Waals surface area contributed by atoms with Crippen molar-refractivity contribution in [3.63, 3.8) is 0 Å². The van der Waals surface area contributed by atoms with E-state index in [2.05, 4.69) is 37.4 Å². The maximum atomic E-state index is 11.9. The van der Waals surface area contributed by atoms with E-state index >= 15 is 0 Å². The van der Waals surface area contributed by atoms with E-state index in [0.29, 0.717) is 5.75 Å². The summed E-state index contributed by atoms with van der Waals surface area (Å²) in [6.45, 7) is 2.04. The molecule has 148 valence electrons. The molecule has 0 aliphatic carbocycles. The number of piperidine rings is 1. The first kappa shape index (κ1) is 20.2. The van der Waals surface area contributed by atoms with Crippen LogP contribution in [0.25, 0.3) is 0 Å². The summed E-state index contributed by atoms with van der Waals surface area (Å²) < 4.78 is 11.9. The van der Waals surface area contributed by atoms with Crippen molar-refractivity contribution in [2.45, 2.75) is 19.3 Å². The first-order chi connectivity index (χ1) is 13.7. The molecule has 1 amide bonds. The molecule has 0 radical (unpaired) electrons. The van der Waals surface area contributed by atoms with Crippen molar-refractivity contribution in [1.82, 2.24) is 5.43 Å². The lowest BCUT2D eigenvalue weighted by Gasteiger charge is -2.29. The second kappa shape index (κ2) is 10.1. The molecule has 0 atom stereocenters. The van der Waals surface area contributed by atoms with Gasteiger partial charge in [0.25, 0.3) is 5.91 Å². The van der Waals surface area contributed by atoms with Gasteiger partial charge < -0.3 is 14.4 Å². The molecule has 0 bridgehead atoms. The van der Waals surface area contributed by atoms with E-state index in [1.165, 1.54) is 19.3 Å². The largest absolute Gasteiger partial charge is 0.496 e. The van der Waals surface area contributed by atoms with Gasteiger partial charge in [0.1, 0.15) is 11.5 Å². The Morgan fingerprint density at radius 3 is 2.64 bits per heavy atom. The number of carbonyl (C=O) groups excluding carboxylic acids is 1. The summed E-state index contributed by atoms with van der Waals surface area (Å²) in [6, 6.07) is 13.3. The van der Waals surface area contributed by atoms with Crippen molar-refractivity contribution >= 4 is 33.7 Å². The van der Waals surface area contributed by atoms with Gasteiger partial charge in [0.05, 0.1) is 13.3 Å². The minimum Gasteiger partial charge on any atom is -0.496 e. The van der Waals surface area contributed by atoms with Crippen molar-refractivity contribution in [1.29, 1.82) is 0 Å². The van der Waals surface area contributed by atoms with E-state index in [-0.39, 0.29) is 12.5 Å². The lowest BCUT2D eigenvalue weighted by molar-refractivity contribution is -0.123. The monoisotopic (exact) mass is 445 g/mol. The van der Waals surface area contributed by atoms with Gasteiger partial charge in [0.2, 0.25) is 0 Å². The number of amides is 1. The number of hydrazone groups is 1. The summed E-state index contributed by atoms with van der Waals surface area (Å²) in [5.41, 5.74) is 4.43. The topological polar surface area (TPSA) is 63.2 Å². The molecule has 1 fully saturated rings. The Hall–Kier alpha value is -2.54. The highest BCUT2D eigenvalue weighted by Gasteiger charge is 2.13. The SMILES string of the molecule is COc1cc(N2CCCCC2)ccc1/C=N\NC(=O)COc1ccc(Br)cc1. The minimum absolute atomic E-state index is 0.107. The third-order valence-corrected chi connectivity index (χ3v) is 5.04. The number of carbonyl (C=O) groups is 1. The Morgan fingerprint density at radius 1 is 1.18 bits per heavy atom. The third-order valence-electron chi connectivity index (χ3n) is 4.51. The molecule has 0 saturated carbocycles. The summed E-state index contributed by atoms with van der Waals surface area (Å²) in [5, 5.41) is 4.01. The average Bonchev–Trinajstić information content (AvgIpc) is 2.74. The number of rotatable bonds is 7. The Bertz CT molecular complexity index is 818. The fraction of sp³-hybridized carbons (Fsp3) is 0.333. The summed E-state index contributed by atoms with van der Waals surface area (Å²) in [5.74, 6) is 1.02. The van der Waals surface area contributed by atoms with Crippen LogP contribution in [0.5, 0.6) is 11.5 Å². The van der Waals surface area contributed by atoms with Crippen LogP contribution in [0.15, 0.2) is 52.0 Å². The first-order valence-electron chi connectivity index (χ1n) is 9.29. The van der Waals surface area contributed by atoms with Crippen LogP contribution in [-0.2, 0) is 4.79 Å². The normalized spacial score (nSPS) is 14.1. The van der Waals surface area contributed by atoms with Crippen molar-refractivity contribution in [2.24, 2.45) is 5.10 Å². The van der Waals surface area contributed by atoms with E-state index < -0.39 is 0 Å². The predicted molar refractivity (Wildman–Crippen MR) is 114 cm³/mol. The molecule has 1 saturated heterocycles. The standard InChI is InChI=1S/C21H24BrN3O3/c1-27-20-13-18(25-11-3-2-4-12-25)8-5-16(20)14-23-24-21(26)15-28-19-9-6-17(22)7-10-19/h5-10,13-14H,2-4,11-12,15H2,1H3,(H,24,26)/b23-14-. The van der Waals surface area contributed by atoms with Gasteiger partial charge in [-0.15, -0.1) is 0 Å². The number of nitrogens with one attached hydrogen (secondary N) is 1. The molecule has 0 spiro atoms. The highest BCUT2D eigenvalue weighted by Crippen LogP contribution is 2.26. The highest BCUT2D eigenvalue weighted by atomic mass is 79.9. The van der Waals surface area contributed by atoms with Crippen LogP contribution in [-0.4, -0.2) is 38.9 Å².